The highest BCUT2D eigenvalue weighted by atomic mass is 16.5. The minimum absolute atomic E-state index is 0.250. The van der Waals surface area contributed by atoms with Crippen LogP contribution in [0, 0.1) is 5.21 Å². The second-order valence-electron chi connectivity index (χ2n) is 0.546. The van der Waals surface area contributed by atoms with Gasteiger partial charge in [0.15, 0.2) is 0 Å². The van der Waals surface area contributed by atoms with Crippen molar-refractivity contribution in [2.45, 2.75) is 0 Å². The molecule has 0 aromatic carbocycles. The maximum absolute atomic E-state index is 9.14. The average molecular weight is 58.1 g/mol. The summed E-state index contributed by atoms with van der Waals surface area (Å²) in [7, 11) is 1.22. The van der Waals surface area contributed by atoms with E-state index in [0.717, 1.165) is 0 Å². The first kappa shape index (κ1) is 3.47. The van der Waals surface area contributed by atoms with E-state index in [9.17, 15) is 0 Å². The normalized spacial score (nSPS) is 6.25. The summed E-state index contributed by atoms with van der Waals surface area (Å²) in [6, 6.07) is 0. The molecule has 0 spiro atoms. The van der Waals surface area contributed by atoms with E-state index in [2.05, 4.69) is 6.72 Å². The van der Waals surface area contributed by atoms with Crippen molar-refractivity contribution in [3.8, 4) is 0 Å². The molecule has 0 atom stereocenters. The Bertz CT molecular complexity index is 29.0. The molecule has 4 heavy (non-hydrogen) atoms. The van der Waals surface area contributed by atoms with Crippen LogP contribution in [0.3, 0.4) is 0 Å². The van der Waals surface area contributed by atoms with E-state index in [4.69, 9.17) is 5.21 Å². The summed E-state index contributed by atoms with van der Waals surface area (Å²) in [6.45, 7) is 4.39. The maximum Gasteiger partial charge on any atom is 0.109 e. The molecule has 0 radical (unpaired) electrons. The number of rotatable bonds is 0. The molecule has 0 bridgehead atoms. The Morgan fingerprint density at radius 1 is 2.00 bits per heavy atom. The van der Waals surface area contributed by atoms with Gasteiger partial charge in [-0.3, -0.25) is 0 Å². The lowest BCUT2D eigenvalue weighted by molar-refractivity contribution is -0.412. The highest BCUT2D eigenvalue weighted by Crippen LogP contribution is 1.36. The van der Waals surface area contributed by atoms with Crippen LogP contribution in [0.1, 0.15) is 0 Å². The van der Waals surface area contributed by atoms with Crippen LogP contribution in [0.5, 0.6) is 0 Å². The lowest BCUT2D eigenvalue weighted by Gasteiger charge is -1.95. The number of nitrogens with zero attached hydrogens (tertiary/aromatic N) is 1. The molecule has 0 aliphatic heterocycles. The largest absolute Gasteiger partial charge is 0.655 e. The summed E-state index contributed by atoms with van der Waals surface area (Å²) < 4.78 is 0.250. The molecule has 0 amide bonds. The van der Waals surface area contributed by atoms with E-state index >= 15 is 0 Å². The Morgan fingerprint density at radius 3 is 2.00 bits per heavy atom. The molecule has 0 saturated carbocycles. The molecule has 0 unspecified atom stereocenters. The third kappa shape index (κ3) is 1.16. The molecule has 0 heterocycles. The number of hydrogen-bond acceptors (Lipinski definition) is 1. The first-order valence-corrected chi connectivity index (χ1v) is 0.888. The van der Waals surface area contributed by atoms with Gasteiger partial charge in [-0.1, -0.05) is 0 Å². The van der Waals surface area contributed by atoms with E-state index < -0.39 is 0 Å². The lowest BCUT2D eigenvalue weighted by Crippen LogP contribution is -1.82. The number of hydroxylamine groups is 1. The first-order chi connectivity index (χ1) is 1.73. The quantitative estimate of drug-likeness (QED) is 0.123. The van der Waals surface area contributed by atoms with Crippen molar-refractivity contribution in [1.82, 2.24) is 0 Å². The molecule has 0 N–H and O–H groups in total. The summed E-state index contributed by atoms with van der Waals surface area (Å²) >= 11 is 0. The maximum atomic E-state index is 9.14. The molecular weight excluding hydrogens is 54.0 g/mol. The SMILES string of the molecule is [CH-]=[N+](C)[O-]. The van der Waals surface area contributed by atoms with Gasteiger partial charge in [0.25, 0.3) is 0 Å². The first-order valence-electron chi connectivity index (χ1n) is 0.888. The zero-order chi connectivity index (χ0) is 3.58. The predicted molar refractivity (Wildman–Crippen MR) is 15.6 cm³/mol. The standard InChI is InChI=1S/C2H4NO/c1-3(2)4/h1H,2H3/q-1. The summed E-state index contributed by atoms with van der Waals surface area (Å²) in [5.41, 5.74) is 0. The van der Waals surface area contributed by atoms with Crippen molar-refractivity contribution in [1.29, 1.82) is 0 Å². The predicted octanol–water partition coefficient (Wildman–Crippen LogP) is -0.296. The van der Waals surface area contributed by atoms with Gasteiger partial charge in [-0.15, -0.1) is 0 Å². The van der Waals surface area contributed by atoms with Crippen LogP contribution < -0.4 is 0 Å². The zero-order valence-corrected chi connectivity index (χ0v) is 2.43. The minimum Gasteiger partial charge on any atom is -0.655 e. The van der Waals surface area contributed by atoms with Gasteiger partial charge in [-0.25, -0.2) is 6.72 Å². The van der Waals surface area contributed by atoms with Crippen LogP contribution in [-0.4, -0.2) is 18.5 Å². The molecule has 0 aliphatic carbocycles. The van der Waals surface area contributed by atoms with Crippen molar-refractivity contribution in [2.75, 3.05) is 7.05 Å². The Balaban J connectivity index is 2.80. The summed E-state index contributed by atoms with van der Waals surface area (Å²) in [4.78, 5) is 0. The smallest absolute Gasteiger partial charge is 0.109 e. The van der Waals surface area contributed by atoms with Crippen LogP contribution in [0.15, 0.2) is 0 Å². The van der Waals surface area contributed by atoms with E-state index in [1.54, 1.807) is 0 Å². The Morgan fingerprint density at radius 2 is 2.00 bits per heavy atom. The molecule has 2 nitrogen and oxygen atoms in total. The van der Waals surface area contributed by atoms with Crippen molar-refractivity contribution >= 4 is 6.72 Å². The molecule has 24 valence electrons. The van der Waals surface area contributed by atoms with E-state index in [0.29, 0.717) is 0 Å². The van der Waals surface area contributed by atoms with Gasteiger partial charge in [0, 0.05) is 0 Å². The molecule has 0 rings (SSSR count). The minimum atomic E-state index is 0.250. The molecule has 0 saturated heterocycles. The second kappa shape index (κ2) is 0.875. The topological polar surface area (TPSA) is 26.1 Å². The third-order valence-electron chi connectivity index (χ3n) is 0. The van der Waals surface area contributed by atoms with Crippen molar-refractivity contribution < 1.29 is 4.74 Å². The fourth-order valence-electron chi connectivity index (χ4n) is 0. The van der Waals surface area contributed by atoms with Gasteiger partial charge >= 0.3 is 0 Å². The van der Waals surface area contributed by atoms with E-state index in [-0.39, 0.29) is 4.74 Å². The fourth-order valence-corrected chi connectivity index (χ4v) is 0. The molecule has 0 aromatic rings. The van der Waals surface area contributed by atoms with Crippen molar-refractivity contribution in [3.63, 3.8) is 0 Å². The summed E-state index contributed by atoms with van der Waals surface area (Å²) in [6.07, 6.45) is 0. The summed E-state index contributed by atoms with van der Waals surface area (Å²) in [5.74, 6) is 0. The van der Waals surface area contributed by atoms with Crippen LogP contribution in [0.25, 0.3) is 0 Å². The van der Waals surface area contributed by atoms with Crippen LogP contribution in [-0.2, 0) is 0 Å². The third-order valence-corrected chi connectivity index (χ3v) is 0. The van der Waals surface area contributed by atoms with Crippen LogP contribution in [0.4, 0.5) is 0 Å². The zero-order valence-electron chi connectivity index (χ0n) is 2.43. The van der Waals surface area contributed by atoms with Crippen LogP contribution in [0.2, 0.25) is 0 Å². The summed E-state index contributed by atoms with van der Waals surface area (Å²) in [5, 5.41) is 9.14. The Labute approximate surface area is 25.0 Å². The molecule has 0 aliphatic rings. The van der Waals surface area contributed by atoms with Gasteiger partial charge in [0.1, 0.15) is 7.05 Å². The highest BCUT2D eigenvalue weighted by molar-refractivity contribution is 5.14. The van der Waals surface area contributed by atoms with Gasteiger partial charge in [-0.2, -0.15) is 0 Å². The molecular formula is C2H4NO-. The van der Waals surface area contributed by atoms with E-state index in [1.165, 1.54) is 7.05 Å². The van der Waals surface area contributed by atoms with E-state index in [1.807, 2.05) is 0 Å². The number of hydrogen-bond donors (Lipinski definition) is 0. The van der Waals surface area contributed by atoms with Gasteiger partial charge < -0.3 is 9.95 Å². The van der Waals surface area contributed by atoms with Gasteiger partial charge in [0.05, 0.1) is 0 Å². The van der Waals surface area contributed by atoms with Crippen molar-refractivity contribution in [2.24, 2.45) is 0 Å². The molecule has 2 heteroatoms. The molecule has 0 fully saturated rings. The monoisotopic (exact) mass is 58.0 g/mol. The Hall–Kier alpha value is -0.530. The second-order valence-corrected chi connectivity index (χ2v) is 0.546. The molecule has 0 aromatic heterocycles. The van der Waals surface area contributed by atoms with Gasteiger partial charge in [0.2, 0.25) is 0 Å². The van der Waals surface area contributed by atoms with Gasteiger partial charge in [-0.05, 0) is 0 Å². The van der Waals surface area contributed by atoms with Crippen LogP contribution >= 0.6 is 0 Å². The highest BCUT2D eigenvalue weighted by Gasteiger charge is 1.29. The Kier molecular flexibility index (Phi) is 0.759. The van der Waals surface area contributed by atoms with Crippen molar-refractivity contribution in [3.05, 3.63) is 5.21 Å². The fraction of sp³-hybridized carbons (Fsp3) is 0.500. The lowest BCUT2D eigenvalue weighted by atomic mass is 11.4. The average Bonchev–Trinajstić information content (AvgIpc) is 0.811.